The number of nitrogens with one attached hydrogen (secondary N) is 1. The molecule has 0 spiro atoms. The van der Waals surface area contributed by atoms with Gasteiger partial charge in [-0.3, -0.25) is 15.2 Å². The molecule has 1 aromatic carbocycles. The molecule has 0 atom stereocenters. The Morgan fingerprint density at radius 3 is 2.81 bits per heavy atom. The SMILES string of the molecule is NC1(c2cccc(N3CCC(=O)N3)c2)CC1. The van der Waals surface area contributed by atoms with E-state index < -0.39 is 0 Å². The summed E-state index contributed by atoms with van der Waals surface area (Å²) >= 11 is 0. The van der Waals surface area contributed by atoms with E-state index in [0.29, 0.717) is 6.42 Å². The van der Waals surface area contributed by atoms with E-state index >= 15 is 0 Å². The summed E-state index contributed by atoms with van der Waals surface area (Å²) in [5.41, 5.74) is 11.1. The summed E-state index contributed by atoms with van der Waals surface area (Å²) in [5.74, 6) is 0.0827. The Balaban J connectivity index is 1.87. The molecule has 3 N–H and O–H groups in total. The second-order valence-corrected chi connectivity index (χ2v) is 4.64. The van der Waals surface area contributed by atoms with E-state index in [2.05, 4.69) is 17.6 Å². The molecule has 0 aromatic heterocycles. The largest absolute Gasteiger partial charge is 0.321 e. The highest BCUT2D eigenvalue weighted by molar-refractivity contribution is 5.81. The van der Waals surface area contributed by atoms with Crippen LogP contribution in [0.25, 0.3) is 0 Å². The average molecular weight is 217 g/mol. The van der Waals surface area contributed by atoms with Crippen molar-refractivity contribution in [3.63, 3.8) is 0 Å². The van der Waals surface area contributed by atoms with Gasteiger partial charge in [0.1, 0.15) is 0 Å². The lowest BCUT2D eigenvalue weighted by Crippen LogP contribution is -2.33. The van der Waals surface area contributed by atoms with Gasteiger partial charge >= 0.3 is 0 Å². The van der Waals surface area contributed by atoms with E-state index in [1.54, 1.807) is 0 Å². The number of carbonyl (C=O) groups is 1. The molecule has 0 bridgehead atoms. The number of hydrogen-bond donors (Lipinski definition) is 2. The van der Waals surface area contributed by atoms with Crippen molar-refractivity contribution in [3.05, 3.63) is 29.8 Å². The van der Waals surface area contributed by atoms with Crippen LogP contribution in [-0.4, -0.2) is 12.5 Å². The van der Waals surface area contributed by atoms with E-state index in [9.17, 15) is 4.79 Å². The standard InChI is InChI=1S/C12H15N3O/c13-12(5-6-12)9-2-1-3-10(8-9)15-7-4-11(16)14-15/h1-3,8H,4-7,13H2,(H,14,16). The summed E-state index contributed by atoms with van der Waals surface area (Å²) in [5, 5.41) is 1.89. The van der Waals surface area contributed by atoms with Gasteiger partial charge < -0.3 is 5.73 Å². The van der Waals surface area contributed by atoms with Crippen LogP contribution in [0.4, 0.5) is 5.69 Å². The van der Waals surface area contributed by atoms with Crippen molar-refractivity contribution in [2.75, 3.05) is 11.6 Å². The maximum atomic E-state index is 11.1. The smallest absolute Gasteiger partial charge is 0.240 e. The molecule has 16 heavy (non-hydrogen) atoms. The lowest BCUT2D eigenvalue weighted by Gasteiger charge is -2.19. The van der Waals surface area contributed by atoms with E-state index in [1.165, 1.54) is 5.56 Å². The van der Waals surface area contributed by atoms with E-state index in [4.69, 9.17) is 5.73 Å². The van der Waals surface area contributed by atoms with Crippen LogP contribution in [0.15, 0.2) is 24.3 Å². The molecule has 4 nitrogen and oxygen atoms in total. The van der Waals surface area contributed by atoms with Crippen LogP contribution in [0.2, 0.25) is 0 Å². The summed E-state index contributed by atoms with van der Waals surface area (Å²) < 4.78 is 0. The van der Waals surface area contributed by atoms with Crippen LogP contribution in [0, 0.1) is 0 Å². The maximum Gasteiger partial charge on any atom is 0.240 e. The molecule has 1 aliphatic heterocycles. The molecule has 1 heterocycles. The van der Waals surface area contributed by atoms with Gasteiger partial charge in [-0.05, 0) is 30.5 Å². The van der Waals surface area contributed by atoms with E-state index in [1.807, 2.05) is 17.1 Å². The van der Waals surface area contributed by atoms with Crippen LogP contribution in [0.1, 0.15) is 24.8 Å². The zero-order valence-corrected chi connectivity index (χ0v) is 9.07. The first-order valence-electron chi connectivity index (χ1n) is 5.64. The summed E-state index contributed by atoms with van der Waals surface area (Å²) in [6.45, 7) is 0.736. The van der Waals surface area contributed by atoms with Gasteiger partial charge in [-0.1, -0.05) is 12.1 Å². The van der Waals surface area contributed by atoms with Gasteiger partial charge in [-0.2, -0.15) is 0 Å². The quantitative estimate of drug-likeness (QED) is 0.773. The first-order valence-corrected chi connectivity index (χ1v) is 5.64. The van der Waals surface area contributed by atoms with Crippen LogP contribution < -0.4 is 16.2 Å². The van der Waals surface area contributed by atoms with Gasteiger partial charge in [0.05, 0.1) is 5.69 Å². The van der Waals surface area contributed by atoms with Crippen LogP contribution in [0.3, 0.4) is 0 Å². The summed E-state index contributed by atoms with van der Waals surface area (Å²) in [7, 11) is 0. The predicted molar refractivity (Wildman–Crippen MR) is 61.6 cm³/mol. The lowest BCUT2D eigenvalue weighted by molar-refractivity contribution is -0.119. The Morgan fingerprint density at radius 2 is 2.19 bits per heavy atom. The van der Waals surface area contributed by atoms with Gasteiger partial charge in [0.15, 0.2) is 0 Å². The second kappa shape index (κ2) is 3.22. The Bertz CT molecular complexity index is 440. The van der Waals surface area contributed by atoms with Crippen LogP contribution >= 0.6 is 0 Å². The summed E-state index contributed by atoms with van der Waals surface area (Å²) in [4.78, 5) is 11.1. The van der Waals surface area contributed by atoms with Crippen molar-refractivity contribution < 1.29 is 4.79 Å². The van der Waals surface area contributed by atoms with Gasteiger partial charge in [-0.15, -0.1) is 0 Å². The molecule has 1 aromatic rings. The molecule has 0 unspecified atom stereocenters. The number of benzene rings is 1. The van der Waals surface area contributed by atoms with Crippen molar-refractivity contribution >= 4 is 11.6 Å². The fraction of sp³-hybridized carbons (Fsp3) is 0.417. The van der Waals surface area contributed by atoms with Crippen LogP contribution in [0.5, 0.6) is 0 Å². The Hall–Kier alpha value is -1.55. The molecule has 84 valence electrons. The Kier molecular flexibility index (Phi) is 1.94. The fourth-order valence-electron chi connectivity index (χ4n) is 2.08. The maximum absolute atomic E-state index is 11.1. The lowest BCUT2D eigenvalue weighted by atomic mass is 10.1. The molecule has 1 amide bonds. The number of carbonyl (C=O) groups excluding carboxylic acids is 1. The molecule has 1 saturated carbocycles. The molecule has 1 aliphatic carbocycles. The molecule has 1 saturated heterocycles. The molecule has 2 fully saturated rings. The highest BCUT2D eigenvalue weighted by atomic mass is 16.2. The topological polar surface area (TPSA) is 58.4 Å². The van der Waals surface area contributed by atoms with E-state index in [0.717, 1.165) is 25.1 Å². The fourth-order valence-corrected chi connectivity index (χ4v) is 2.08. The first kappa shape index (κ1) is 9.66. The zero-order chi connectivity index (χ0) is 11.2. The molecular weight excluding hydrogens is 202 g/mol. The van der Waals surface area contributed by atoms with Crippen molar-refractivity contribution in [2.24, 2.45) is 5.73 Å². The number of rotatable bonds is 2. The predicted octanol–water partition coefficient (Wildman–Crippen LogP) is 0.876. The van der Waals surface area contributed by atoms with Crippen molar-refractivity contribution in [2.45, 2.75) is 24.8 Å². The van der Waals surface area contributed by atoms with Crippen molar-refractivity contribution in [1.29, 1.82) is 0 Å². The first-order chi connectivity index (χ1) is 7.67. The number of amides is 1. The van der Waals surface area contributed by atoms with Crippen molar-refractivity contribution in [1.82, 2.24) is 5.43 Å². The third-order valence-electron chi connectivity index (χ3n) is 3.34. The molecule has 3 rings (SSSR count). The minimum atomic E-state index is -0.111. The van der Waals surface area contributed by atoms with Gasteiger partial charge in [0, 0.05) is 18.5 Å². The molecular formula is C12H15N3O. The second-order valence-electron chi connectivity index (χ2n) is 4.64. The minimum Gasteiger partial charge on any atom is -0.321 e. The normalized spacial score (nSPS) is 22.1. The Labute approximate surface area is 94.4 Å². The van der Waals surface area contributed by atoms with E-state index in [-0.39, 0.29) is 11.4 Å². The third kappa shape index (κ3) is 1.55. The summed E-state index contributed by atoms with van der Waals surface area (Å²) in [6, 6.07) is 8.15. The van der Waals surface area contributed by atoms with Gasteiger partial charge in [0.2, 0.25) is 5.91 Å². The number of hydrazine groups is 1. The third-order valence-corrected chi connectivity index (χ3v) is 3.34. The van der Waals surface area contributed by atoms with Gasteiger partial charge in [0.25, 0.3) is 0 Å². The number of nitrogens with zero attached hydrogens (tertiary/aromatic N) is 1. The van der Waals surface area contributed by atoms with Gasteiger partial charge in [-0.25, -0.2) is 0 Å². The average Bonchev–Trinajstić information content (AvgIpc) is 2.89. The Morgan fingerprint density at radius 1 is 1.38 bits per heavy atom. The summed E-state index contributed by atoms with van der Waals surface area (Å²) in [6.07, 6.45) is 2.68. The monoisotopic (exact) mass is 217 g/mol. The number of nitrogens with two attached hydrogens (primary N) is 1. The zero-order valence-electron chi connectivity index (χ0n) is 9.07. The van der Waals surface area contributed by atoms with Crippen LogP contribution in [-0.2, 0) is 10.3 Å². The number of hydrogen-bond acceptors (Lipinski definition) is 3. The molecule has 0 radical (unpaired) electrons. The molecule has 4 heteroatoms. The number of anilines is 1. The highest BCUT2D eigenvalue weighted by Crippen LogP contribution is 2.43. The van der Waals surface area contributed by atoms with Crippen molar-refractivity contribution in [3.8, 4) is 0 Å². The molecule has 2 aliphatic rings. The minimum absolute atomic E-state index is 0.0827. The highest BCUT2D eigenvalue weighted by Gasteiger charge is 2.40.